The summed E-state index contributed by atoms with van der Waals surface area (Å²) in [5.74, 6) is 1.87. The van der Waals surface area contributed by atoms with E-state index in [1.165, 1.54) is 33.4 Å². The molecule has 0 spiro atoms. The number of fused-ring (bicyclic) bond motifs is 4. The molecule has 2 aromatic heterocycles. The summed E-state index contributed by atoms with van der Waals surface area (Å²) in [6, 6.07) is 72.6. The molecule has 10 aromatic rings. The number of benzene rings is 8. The average Bonchev–Trinajstić information content (AvgIpc) is 3.55. The third kappa shape index (κ3) is 6.59. The number of nitrogens with zero attached hydrogens (tertiary/aromatic N) is 4. The Hall–Kier alpha value is -7.82. The second kappa shape index (κ2) is 14.8. The van der Waals surface area contributed by atoms with E-state index in [9.17, 15) is 0 Å². The van der Waals surface area contributed by atoms with Crippen LogP contribution in [0.1, 0.15) is 25.0 Å². The lowest BCUT2D eigenvalue weighted by Crippen LogP contribution is -2.15. The summed E-state index contributed by atoms with van der Waals surface area (Å²) in [6.07, 6.45) is 0. The van der Waals surface area contributed by atoms with Gasteiger partial charge in [0.25, 0.3) is 0 Å². The van der Waals surface area contributed by atoms with E-state index >= 15 is 0 Å². The summed E-state index contributed by atoms with van der Waals surface area (Å²) in [5.41, 5.74) is 17.6. The van der Waals surface area contributed by atoms with Gasteiger partial charge >= 0.3 is 0 Å². The first-order valence-electron chi connectivity index (χ1n) is 20.8. The van der Waals surface area contributed by atoms with Crippen molar-refractivity contribution in [1.82, 2.24) is 19.9 Å². The van der Waals surface area contributed by atoms with Crippen LogP contribution < -0.4 is 0 Å². The Morgan fingerprint density at radius 2 is 0.754 bits per heavy atom. The fraction of sp³-hybridized carbons (Fsp3) is 0.0526. The lowest BCUT2D eigenvalue weighted by Gasteiger charge is -2.22. The number of pyridine rings is 1. The first-order chi connectivity index (χ1) is 30.0. The maximum Gasteiger partial charge on any atom is 0.164 e. The first-order valence-corrected chi connectivity index (χ1v) is 20.8. The van der Waals surface area contributed by atoms with Gasteiger partial charge in [-0.05, 0) is 92.0 Å². The Bertz CT molecular complexity index is 3250. The fourth-order valence-corrected chi connectivity index (χ4v) is 8.90. The summed E-state index contributed by atoms with van der Waals surface area (Å²) >= 11 is 0. The van der Waals surface area contributed by atoms with E-state index < -0.39 is 0 Å². The van der Waals surface area contributed by atoms with Crippen LogP contribution in [-0.2, 0) is 5.41 Å². The van der Waals surface area contributed by atoms with Crippen LogP contribution in [0.3, 0.4) is 0 Å². The number of hydrogen-bond donors (Lipinski definition) is 0. The van der Waals surface area contributed by atoms with Gasteiger partial charge in [-0.15, -0.1) is 0 Å². The van der Waals surface area contributed by atoms with E-state index in [0.29, 0.717) is 17.5 Å². The van der Waals surface area contributed by atoms with Crippen LogP contribution in [0, 0.1) is 0 Å². The zero-order valence-electron chi connectivity index (χ0n) is 33.9. The van der Waals surface area contributed by atoms with Gasteiger partial charge in [0.15, 0.2) is 17.5 Å². The van der Waals surface area contributed by atoms with Crippen molar-refractivity contribution in [1.29, 1.82) is 0 Å². The van der Waals surface area contributed by atoms with Crippen molar-refractivity contribution in [2.45, 2.75) is 19.3 Å². The zero-order valence-corrected chi connectivity index (χ0v) is 33.9. The van der Waals surface area contributed by atoms with Gasteiger partial charge < -0.3 is 0 Å². The van der Waals surface area contributed by atoms with Crippen molar-refractivity contribution in [2.75, 3.05) is 0 Å². The number of hydrogen-bond acceptors (Lipinski definition) is 4. The van der Waals surface area contributed by atoms with Gasteiger partial charge in [-0.2, -0.15) is 0 Å². The topological polar surface area (TPSA) is 51.6 Å². The van der Waals surface area contributed by atoms with Gasteiger partial charge in [0.05, 0.1) is 11.2 Å². The molecule has 1 aliphatic carbocycles. The Morgan fingerprint density at radius 1 is 0.295 bits per heavy atom. The van der Waals surface area contributed by atoms with E-state index in [1.54, 1.807) is 0 Å². The highest BCUT2D eigenvalue weighted by atomic mass is 15.0. The SMILES string of the molecule is CC1(C)c2cc(-c3ccccc3)ccc2-c2cc3c(-c4cccc(-c5nc(-c6ccccc6)nc(-c6cccc(-c7ccccc7)c6)n5)c4)cc(-c4ccccc4)nc3cc21. The third-order valence-corrected chi connectivity index (χ3v) is 12.1. The molecule has 0 aliphatic heterocycles. The molecule has 0 N–H and O–H groups in total. The van der Waals surface area contributed by atoms with Crippen LogP contribution >= 0.6 is 0 Å². The highest BCUT2D eigenvalue weighted by Crippen LogP contribution is 2.51. The van der Waals surface area contributed by atoms with Crippen molar-refractivity contribution in [3.05, 3.63) is 217 Å². The van der Waals surface area contributed by atoms with Crippen LogP contribution in [0.15, 0.2) is 206 Å². The summed E-state index contributed by atoms with van der Waals surface area (Å²) in [4.78, 5) is 20.7. The van der Waals surface area contributed by atoms with E-state index in [4.69, 9.17) is 19.9 Å². The molecule has 4 nitrogen and oxygen atoms in total. The maximum absolute atomic E-state index is 5.37. The molecule has 0 saturated carbocycles. The minimum Gasteiger partial charge on any atom is -0.248 e. The van der Waals surface area contributed by atoms with Crippen LogP contribution in [0.5, 0.6) is 0 Å². The lowest BCUT2D eigenvalue weighted by molar-refractivity contribution is 0.661. The molecule has 0 bridgehead atoms. The smallest absolute Gasteiger partial charge is 0.164 e. The molecule has 8 aromatic carbocycles. The Morgan fingerprint density at radius 3 is 1.36 bits per heavy atom. The van der Waals surface area contributed by atoms with Gasteiger partial charge in [-0.3, -0.25) is 0 Å². The van der Waals surface area contributed by atoms with Crippen molar-refractivity contribution < 1.29 is 0 Å². The van der Waals surface area contributed by atoms with Crippen LogP contribution in [-0.4, -0.2) is 19.9 Å². The minimum absolute atomic E-state index is 0.207. The molecule has 11 rings (SSSR count). The molecule has 288 valence electrons. The molecule has 4 heteroatoms. The van der Waals surface area contributed by atoms with E-state index in [-0.39, 0.29) is 5.41 Å². The molecule has 0 atom stereocenters. The maximum atomic E-state index is 5.37. The predicted octanol–water partition coefficient (Wildman–Crippen LogP) is 14.4. The Balaban J connectivity index is 1.08. The molecule has 61 heavy (non-hydrogen) atoms. The second-order valence-corrected chi connectivity index (χ2v) is 16.3. The molecule has 0 fully saturated rings. The molecule has 0 saturated heterocycles. The largest absolute Gasteiger partial charge is 0.248 e. The van der Waals surface area contributed by atoms with Gasteiger partial charge in [0, 0.05) is 33.1 Å². The summed E-state index contributed by atoms with van der Waals surface area (Å²) < 4.78 is 0. The molecule has 0 amide bonds. The van der Waals surface area contributed by atoms with Gasteiger partial charge in [-0.25, -0.2) is 19.9 Å². The van der Waals surface area contributed by atoms with Crippen molar-refractivity contribution in [3.8, 4) is 89.9 Å². The standard InChI is InChI=1S/C57H40N4/c1-57(2)50-33-42(38-19-9-4-10-20-38)29-30-46(50)48-34-49-47(35-52(39-21-11-5-12-22-39)58-53(49)36-51(48)57)43-26-16-28-45(32-43)56-60-54(40-23-13-6-14-24-40)59-55(61-56)44-27-15-25-41(31-44)37-17-7-3-8-18-37/h3-36H,1-2H3. The molecule has 0 radical (unpaired) electrons. The molecule has 1 aliphatic rings. The summed E-state index contributed by atoms with van der Waals surface area (Å²) in [5, 5.41) is 1.10. The van der Waals surface area contributed by atoms with E-state index in [1.807, 2.05) is 36.4 Å². The molecular formula is C57H40N4. The monoisotopic (exact) mass is 780 g/mol. The molecule has 2 heterocycles. The van der Waals surface area contributed by atoms with Gasteiger partial charge in [0.1, 0.15) is 0 Å². The van der Waals surface area contributed by atoms with Crippen LogP contribution in [0.4, 0.5) is 0 Å². The van der Waals surface area contributed by atoms with Gasteiger partial charge in [-0.1, -0.05) is 184 Å². The second-order valence-electron chi connectivity index (χ2n) is 16.3. The predicted molar refractivity (Wildman–Crippen MR) is 251 cm³/mol. The summed E-state index contributed by atoms with van der Waals surface area (Å²) in [7, 11) is 0. The van der Waals surface area contributed by atoms with Crippen LogP contribution in [0.25, 0.3) is 101 Å². The fourth-order valence-electron chi connectivity index (χ4n) is 8.90. The van der Waals surface area contributed by atoms with Crippen molar-refractivity contribution in [2.24, 2.45) is 0 Å². The van der Waals surface area contributed by atoms with E-state index in [2.05, 4.69) is 184 Å². The summed E-state index contributed by atoms with van der Waals surface area (Å²) in [6.45, 7) is 4.68. The van der Waals surface area contributed by atoms with Gasteiger partial charge in [0.2, 0.25) is 0 Å². The number of aromatic nitrogens is 4. The normalized spacial score (nSPS) is 12.6. The van der Waals surface area contributed by atoms with Crippen molar-refractivity contribution in [3.63, 3.8) is 0 Å². The average molecular weight is 781 g/mol. The van der Waals surface area contributed by atoms with Crippen molar-refractivity contribution >= 4 is 10.9 Å². The Kier molecular flexibility index (Phi) is 8.79. The quantitative estimate of drug-likeness (QED) is 0.162. The van der Waals surface area contributed by atoms with Crippen LogP contribution in [0.2, 0.25) is 0 Å². The highest BCUT2D eigenvalue weighted by molar-refractivity contribution is 6.02. The Labute approximate surface area is 356 Å². The highest BCUT2D eigenvalue weighted by Gasteiger charge is 2.36. The third-order valence-electron chi connectivity index (χ3n) is 12.1. The zero-order chi connectivity index (χ0) is 40.9. The number of rotatable bonds is 7. The van der Waals surface area contributed by atoms with E-state index in [0.717, 1.165) is 61.1 Å². The lowest BCUT2D eigenvalue weighted by atomic mass is 9.81. The minimum atomic E-state index is -0.207. The first kappa shape index (κ1) is 36.3. The molecule has 0 unspecified atom stereocenters. The molecular weight excluding hydrogens is 741 g/mol.